The summed E-state index contributed by atoms with van der Waals surface area (Å²) in [5.41, 5.74) is 1.43. The van der Waals surface area contributed by atoms with E-state index in [0.29, 0.717) is 40.3 Å². The van der Waals surface area contributed by atoms with Crippen LogP contribution in [0.2, 0.25) is 0 Å². The average molecular weight is 492 g/mol. The molecular formula is C25H18F6N2S. The fourth-order valence-corrected chi connectivity index (χ4v) is 5.04. The molecule has 0 radical (unpaired) electrons. The van der Waals surface area contributed by atoms with Crippen LogP contribution in [0.5, 0.6) is 0 Å². The number of aromatic nitrogens is 1. The van der Waals surface area contributed by atoms with Gasteiger partial charge in [-0.1, -0.05) is 30.3 Å². The minimum Gasteiger partial charge on any atom is -0.240 e. The first kappa shape index (κ1) is 24.1. The summed E-state index contributed by atoms with van der Waals surface area (Å²) in [6.07, 6.45) is -6.11. The molecule has 0 saturated heterocycles. The molecule has 4 rings (SSSR count). The molecule has 1 aromatic heterocycles. The first-order chi connectivity index (χ1) is 16.1. The smallest absolute Gasteiger partial charge is 0.240 e. The van der Waals surface area contributed by atoms with Gasteiger partial charge in [0.25, 0.3) is 0 Å². The standard InChI is InChI=1S/C25H18F6N2S/c26-24(27,28)17-7-3-5-15(11-17)14-34-23-21(13-32)19-9-1-2-10-20(19)22(33-23)16-6-4-8-18(12-16)25(29,30)31/h3-8,11-12H,1-2,9-10,14H2. The second-order valence-corrected chi connectivity index (χ2v) is 8.95. The van der Waals surface area contributed by atoms with Crippen molar-refractivity contribution in [2.24, 2.45) is 0 Å². The largest absolute Gasteiger partial charge is 0.416 e. The Morgan fingerprint density at radius 1 is 0.853 bits per heavy atom. The van der Waals surface area contributed by atoms with E-state index < -0.39 is 23.5 Å². The zero-order chi connectivity index (χ0) is 24.5. The molecule has 2 aromatic carbocycles. The number of rotatable bonds is 4. The first-order valence-electron chi connectivity index (χ1n) is 10.5. The molecule has 34 heavy (non-hydrogen) atoms. The van der Waals surface area contributed by atoms with Crippen LogP contribution >= 0.6 is 11.8 Å². The number of pyridine rings is 1. The molecule has 0 unspecified atom stereocenters. The third kappa shape index (κ3) is 5.07. The van der Waals surface area contributed by atoms with Gasteiger partial charge in [-0.25, -0.2) is 4.98 Å². The number of benzene rings is 2. The number of halogens is 6. The van der Waals surface area contributed by atoms with Gasteiger partial charge in [0.1, 0.15) is 11.1 Å². The highest BCUT2D eigenvalue weighted by atomic mass is 32.2. The Morgan fingerprint density at radius 3 is 2.12 bits per heavy atom. The van der Waals surface area contributed by atoms with Crippen LogP contribution in [0.1, 0.15) is 46.2 Å². The molecule has 0 spiro atoms. The molecular weight excluding hydrogens is 474 g/mol. The summed E-state index contributed by atoms with van der Waals surface area (Å²) in [5.74, 6) is 0.131. The lowest BCUT2D eigenvalue weighted by Gasteiger charge is -2.22. The molecule has 0 fully saturated rings. The number of fused-ring (bicyclic) bond motifs is 1. The van der Waals surface area contributed by atoms with Gasteiger partial charge in [-0.3, -0.25) is 0 Å². The van der Waals surface area contributed by atoms with Gasteiger partial charge in [-0.05, 0) is 60.6 Å². The Labute approximate surface area is 196 Å². The summed E-state index contributed by atoms with van der Waals surface area (Å²) in [7, 11) is 0. The summed E-state index contributed by atoms with van der Waals surface area (Å²) in [4.78, 5) is 4.59. The van der Waals surface area contributed by atoms with Crippen LogP contribution < -0.4 is 0 Å². The highest BCUT2D eigenvalue weighted by molar-refractivity contribution is 7.98. The van der Waals surface area contributed by atoms with Crippen molar-refractivity contribution < 1.29 is 26.3 Å². The van der Waals surface area contributed by atoms with E-state index in [1.165, 1.54) is 12.1 Å². The number of thioether (sulfide) groups is 1. The third-order valence-electron chi connectivity index (χ3n) is 5.69. The maximum atomic E-state index is 13.3. The van der Waals surface area contributed by atoms with Gasteiger partial charge in [0.15, 0.2) is 0 Å². The van der Waals surface area contributed by atoms with Crippen molar-refractivity contribution in [3.05, 3.63) is 81.9 Å². The van der Waals surface area contributed by atoms with Crippen molar-refractivity contribution in [2.75, 3.05) is 0 Å². The number of nitriles is 1. The zero-order valence-electron chi connectivity index (χ0n) is 17.7. The van der Waals surface area contributed by atoms with Crippen molar-refractivity contribution in [3.8, 4) is 17.3 Å². The molecule has 0 saturated carbocycles. The molecule has 0 amide bonds. The predicted molar refractivity (Wildman–Crippen MR) is 117 cm³/mol. The molecule has 1 aliphatic rings. The Bertz CT molecular complexity index is 1260. The fraction of sp³-hybridized carbons (Fsp3) is 0.280. The molecule has 0 atom stereocenters. The molecule has 2 nitrogen and oxygen atoms in total. The van der Waals surface area contributed by atoms with Crippen molar-refractivity contribution in [1.82, 2.24) is 4.98 Å². The van der Waals surface area contributed by atoms with Crippen LogP contribution in [0.15, 0.2) is 53.6 Å². The van der Waals surface area contributed by atoms with Gasteiger partial charge in [0.2, 0.25) is 0 Å². The third-order valence-corrected chi connectivity index (χ3v) is 6.73. The Kier molecular flexibility index (Phi) is 6.63. The Morgan fingerprint density at radius 2 is 1.47 bits per heavy atom. The topological polar surface area (TPSA) is 36.7 Å². The van der Waals surface area contributed by atoms with Gasteiger partial charge in [-0.15, -0.1) is 11.8 Å². The van der Waals surface area contributed by atoms with Crippen LogP contribution in [0.25, 0.3) is 11.3 Å². The SMILES string of the molecule is N#Cc1c(SCc2cccc(C(F)(F)F)c2)nc(-c2cccc(C(F)(F)F)c2)c2c1CCCC2. The summed E-state index contributed by atoms with van der Waals surface area (Å²) in [5, 5.41) is 10.1. The molecule has 1 aliphatic carbocycles. The van der Waals surface area contributed by atoms with E-state index in [9.17, 15) is 31.6 Å². The van der Waals surface area contributed by atoms with Crippen LogP contribution in [0.3, 0.4) is 0 Å². The molecule has 3 aromatic rings. The van der Waals surface area contributed by atoms with Gasteiger partial charge >= 0.3 is 12.4 Å². The summed E-state index contributed by atoms with van der Waals surface area (Å²) in [6, 6.07) is 12.0. The van der Waals surface area contributed by atoms with Gasteiger partial charge in [-0.2, -0.15) is 31.6 Å². The van der Waals surface area contributed by atoms with E-state index in [0.717, 1.165) is 60.0 Å². The van der Waals surface area contributed by atoms with Crippen LogP contribution in [-0.2, 0) is 30.9 Å². The fourth-order valence-electron chi connectivity index (χ4n) is 4.09. The zero-order valence-corrected chi connectivity index (χ0v) is 18.5. The van der Waals surface area contributed by atoms with Crippen molar-refractivity contribution >= 4 is 11.8 Å². The normalized spacial score (nSPS) is 13.9. The van der Waals surface area contributed by atoms with Crippen molar-refractivity contribution in [1.29, 1.82) is 5.26 Å². The van der Waals surface area contributed by atoms with Crippen LogP contribution in [0, 0.1) is 11.3 Å². The highest BCUT2D eigenvalue weighted by Crippen LogP contribution is 2.39. The van der Waals surface area contributed by atoms with Gasteiger partial charge in [0.05, 0.1) is 22.4 Å². The molecule has 0 bridgehead atoms. The minimum atomic E-state index is -4.51. The Balaban J connectivity index is 1.76. The molecule has 1 heterocycles. The second kappa shape index (κ2) is 9.34. The lowest BCUT2D eigenvalue weighted by atomic mass is 9.86. The van der Waals surface area contributed by atoms with E-state index in [1.807, 2.05) is 0 Å². The quantitative estimate of drug-likeness (QED) is 0.275. The highest BCUT2D eigenvalue weighted by Gasteiger charge is 2.32. The van der Waals surface area contributed by atoms with E-state index in [4.69, 9.17) is 0 Å². The summed E-state index contributed by atoms with van der Waals surface area (Å²) >= 11 is 1.11. The first-order valence-corrected chi connectivity index (χ1v) is 11.5. The van der Waals surface area contributed by atoms with Crippen LogP contribution in [-0.4, -0.2) is 4.98 Å². The predicted octanol–water partition coefficient (Wildman–Crippen LogP) is 7.83. The van der Waals surface area contributed by atoms with E-state index in [1.54, 1.807) is 12.1 Å². The maximum absolute atomic E-state index is 13.3. The van der Waals surface area contributed by atoms with E-state index in [2.05, 4.69) is 11.1 Å². The Hall–Kier alpha value is -2.99. The number of alkyl halides is 6. The van der Waals surface area contributed by atoms with Crippen molar-refractivity contribution in [2.45, 2.75) is 48.8 Å². The number of nitrogens with zero attached hydrogens (tertiary/aromatic N) is 2. The van der Waals surface area contributed by atoms with Crippen LogP contribution in [0.4, 0.5) is 26.3 Å². The van der Waals surface area contributed by atoms with Gasteiger partial charge < -0.3 is 0 Å². The average Bonchev–Trinajstić information content (AvgIpc) is 2.81. The van der Waals surface area contributed by atoms with Crippen molar-refractivity contribution in [3.63, 3.8) is 0 Å². The molecule has 9 heteroatoms. The lowest BCUT2D eigenvalue weighted by Crippen LogP contribution is -2.11. The molecule has 176 valence electrons. The lowest BCUT2D eigenvalue weighted by molar-refractivity contribution is -0.138. The molecule has 0 N–H and O–H groups in total. The molecule has 0 aliphatic heterocycles. The number of hydrogen-bond donors (Lipinski definition) is 0. The second-order valence-electron chi connectivity index (χ2n) is 7.98. The summed E-state index contributed by atoms with van der Waals surface area (Å²) in [6.45, 7) is 0. The summed E-state index contributed by atoms with van der Waals surface area (Å²) < 4.78 is 79.1. The monoisotopic (exact) mass is 492 g/mol. The maximum Gasteiger partial charge on any atom is 0.416 e. The van der Waals surface area contributed by atoms with E-state index in [-0.39, 0.29) is 5.75 Å². The van der Waals surface area contributed by atoms with E-state index >= 15 is 0 Å². The number of hydrogen-bond acceptors (Lipinski definition) is 3. The minimum absolute atomic E-state index is 0.131. The van der Waals surface area contributed by atoms with Gasteiger partial charge in [0, 0.05) is 11.3 Å².